The molecule has 1 rings (SSSR count). The number of aliphatic hydroxyl groups is 1. The maximum atomic E-state index is 9.79. The zero-order valence-electron chi connectivity index (χ0n) is 13.8. The van der Waals surface area contributed by atoms with E-state index in [4.69, 9.17) is 0 Å². The van der Waals surface area contributed by atoms with Crippen LogP contribution in [0.3, 0.4) is 0 Å². The smallest absolute Gasteiger partial charge is 0.0613 e. The van der Waals surface area contributed by atoms with Crippen molar-refractivity contribution in [3.63, 3.8) is 0 Å². The van der Waals surface area contributed by atoms with Crippen molar-refractivity contribution in [2.45, 2.75) is 77.9 Å². The number of hydrogen-bond donors (Lipinski definition) is 2. The highest BCUT2D eigenvalue weighted by atomic mass is 16.3. The van der Waals surface area contributed by atoms with E-state index in [9.17, 15) is 5.11 Å². The SMILES string of the molecule is CCNC1(CO)CCCC(N(C)C(C)C(C)(C)C)C1. The summed E-state index contributed by atoms with van der Waals surface area (Å²) in [6.45, 7) is 12.6. The maximum Gasteiger partial charge on any atom is 0.0613 e. The molecule has 19 heavy (non-hydrogen) atoms. The van der Waals surface area contributed by atoms with E-state index in [1.165, 1.54) is 12.8 Å². The van der Waals surface area contributed by atoms with Gasteiger partial charge in [0.1, 0.15) is 0 Å². The molecular weight excluding hydrogens is 236 g/mol. The quantitative estimate of drug-likeness (QED) is 0.806. The van der Waals surface area contributed by atoms with Gasteiger partial charge in [0.15, 0.2) is 0 Å². The minimum Gasteiger partial charge on any atom is -0.394 e. The van der Waals surface area contributed by atoms with Gasteiger partial charge >= 0.3 is 0 Å². The molecular formula is C16H34N2O. The fraction of sp³-hybridized carbons (Fsp3) is 1.00. The standard InChI is InChI=1S/C16H34N2O/c1-7-17-16(12-19)10-8-9-14(11-16)18(6)13(2)15(3,4)5/h13-14,17,19H,7-12H2,1-6H3. The molecule has 1 fully saturated rings. The lowest BCUT2D eigenvalue weighted by molar-refractivity contribution is 0.0301. The molecule has 0 bridgehead atoms. The number of nitrogens with one attached hydrogen (secondary N) is 1. The zero-order valence-corrected chi connectivity index (χ0v) is 13.8. The van der Waals surface area contributed by atoms with E-state index in [0.29, 0.717) is 17.5 Å². The summed E-state index contributed by atoms with van der Waals surface area (Å²) in [6.07, 6.45) is 4.63. The third-order valence-corrected chi connectivity index (χ3v) is 5.11. The van der Waals surface area contributed by atoms with Crippen LogP contribution in [-0.4, -0.2) is 47.8 Å². The predicted molar refractivity (Wildman–Crippen MR) is 82.4 cm³/mol. The maximum absolute atomic E-state index is 9.79. The van der Waals surface area contributed by atoms with Crippen molar-refractivity contribution in [1.29, 1.82) is 0 Å². The number of hydrogen-bond acceptors (Lipinski definition) is 3. The molecule has 0 heterocycles. The third kappa shape index (κ3) is 4.17. The molecule has 0 aromatic rings. The molecule has 3 unspecified atom stereocenters. The van der Waals surface area contributed by atoms with Crippen LogP contribution < -0.4 is 5.32 Å². The van der Waals surface area contributed by atoms with Crippen LogP contribution in [0.4, 0.5) is 0 Å². The van der Waals surface area contributed by atoms with Crippen LogP contribution in [0.25, 0.3) is 0 Å². The molecule has 0 aromatic carbocycles. The Labute approximate surface area is 119 Å². The molecule has 114 valence electrons. The Balaban J connectivity index is 2.73. The molecule has 0 radical (unpaired) electrons. The molecule has 0 aromatic heterocycles. The minimum atomic E-state index is -0.0521. The Hall–Kier alpha value is -0.120. The van der Waals surface area contributed by atoms with Gasteiger partial charge in [-0.15, -0.1) is 0 Å². The molecule has 3 heteroatoms. The lowest BCUT2D eigenvalue weighted by atomic mass is 9.77. The topological polar surface area (TPSA) is 35.5 Å². The Morgan fingerprint density at radius 3 is 2.53 bits per heavy atom. The Kier molecular flexibility index (Phi) is 5.84. The number of aliphatic hydroxyl groups excluding tert-OH is 1. The van der Waals surface area contributed by atoms with E-state index in [-0.39, 0.29) is 12.1 Å². The second-order valence-electron chi connectivity index (χ2n) is 7.43. The van der Waals surface area contributed by atoms with E-state index in [1.807, 2.05) is 0 Å². The van der Waals surface area contributed by atoms with Crippen LogP contribution in [0.2, 0.25) is 0 Å². The number of rotatable bonds is 5. The Bertz CT molecular complexity index is 270. The molecule has 1 saturated carbocycles. The lowest BCUT2D eigenvalue weighted by Crippen LogP contribution is -2.57. The van der Waals surface area contributed by atoms with Crippen molar-refractivity contribution in [2.24, 2.45) is 5.41 Å². The average molecular weight is 270 g/mol. The van der Waals surface area contributed by atoms with E-state index >= 15 is 0 Å². The zero-order chi connectivity index (χ0) is 14.7. The van der Waals surface area contributed by atoms with Gasteiger partial charge in [-0.25, -0.2) is 0 Å². The van der Waals surface area contributed by atoms with E-state index < -0.39 is 0 Å². The highest BCUT2D eigenvalue weighted by Crippen LogP contribution is 2.34. The largest absolute Gasteiger partial charge is 0.394 e. The van der Waals surface area contributed by atoms with Crippen molar-refractivity contribution >= 4 is 0 Å². The molecule has 1 aliphatic rings. The molecule has 0 amide bonds. The van der Waals surface area contributed by atoms with Crippen molar-refractivity contribution < 1.29 is 5.11 Å². The van der Waals surface area contributed by atoms with Gasteiger partial charge in [0.25, 0.3) is 0 Å². The van der Waals surface area contributed by atoms with Crippen LogP contribution in [0.5, 0.6) is 0 Å². The average Bonchev–Trinajstić information content (AvgIpc) is 2.36. The summed E-state index contributed by atoms with van der Waals surface area (Å²) in [5.74, 6) is 0. The first-order valence-corrected chi connectivity index (χ1v) is 7.83. The van der Waals surface area contributed by atoms with Crippen molar-refractivity contribution in [1.82, 2.24) is 10.2 Å². The normalized spacial score (nSPS) is 30.6. The second-order valence-corrected chi connectivity index (χ2v) is 7.43. The number of likely N-dealkylation sites (N-methyl/N-ethyl adjacent to an activating group) is 1. The minimum absolute atomic E-state index is 0.0521. The second kappa shape index (κ2) is 6.55. The first kappa shape index (κ1) is 16.9. The van der Waals surface area contributed by atoms with Gasteiger partial charge in [-0.2, -0.15) is 0 Å². The van der Waals surface area contributed by atoms with E-state index in [0.717, 1.165) is 19.4 Å². The van der Waals surface area contributed by atoms with Gasteiger partial charge in [0.2, 0.25) is 0 Å². The fourth-order valence-electron chi connectivity index (χ4n) is 3.34. The van der Waals surface area contributed by atoms with Crippen LogP contribution in [0.1, 0.15) is 60.3 Å². The molecule has 2 N–H and O–H groups in total. The van der Waals surface area contributed by atoms with E-state index in [1.54, 1.807) is 0 Å². The summed E-state index contributed by atoms with van der Waals surface area (Å²) < 4.78 is 0. The van der Waals surface area contributed by atoms with Gasteiger partial charge in [-0.1, -0.05) is 27.7 Å². The molecule has 0 aliphatic heterocycles. The lowest BCUT2D eigenvalue weighted by Gasteiger charge is -2.47. The Morgan fingerprint density at radius 1 is 1.42 bits per heavy atom. The summed E-state index contributed by atoms with van der Waals surface area (Å²) in [6, 6.07) is 1.13. The Morgan fingerprint density at radius 2 is 2.05 bits per heavy atom. The fourth-order valence-corrected chi connectivity index (χ4v) is 3.34. The van der Waals surface area contributed by atoms with Gasteiger partial charge in [0, 0.05) is 17.6 Å². The predicted octanol–water partition coefficient (Wildman–Crippen LogP) is 2.64. The summed E-state index contributed by atoms with van der Waals surface area (Å²) in [5, 5.41) is 13.3. The highest BCUT2D eigenvalue weighted by molar-refractivity contribution is 4.97. The molecule has 3 nitrogen and oxygen atoms in total. The summed E-state index contributed by atoms with van der Waals surface area (Å²) in [7, 11) is 2.25. The molecule has 1 aliphatic carbocycles. The van der Waals surface area contributed by atoms with Crippen molar-refractivity contribution in [3.8, 4) is 0 Å². The summed E-state index contributed by atoms with van der Waals surface area (Å²) in [5.41, 5.74) is 0.246. The van der Waals surface area contributed by atoms with Crippen LogP contribution in [-0.2, 0) is 0 Å². The molecule has 0 saturated heterocycles. The first-order valence-electron chi connectivity index (χ1n) is 7.83. The van der Waals surface area contributed by atoms with Gasteiger partial charge < -0.3 is 15.3 Å². The summed E-state index contributed by atoms with van der Waals surface area (Å²) >= 11 is 0. The van der Waals surface area contributed by atoms with Crippen LogP contribution in [0.15, 0.2) is 0 Å². The van der Waals surface area contributed by atoms with Gasteiger partial charge in [-0.05, 0) is 51.6 Å². The van der Waals surface area contributed by atoms with E-state index in [2.05, 4.69) is 51.9 Å². The molecule has 0 spiro atoms. The van der Waals surface area contributed by atoms with Crippen LogP contribution >= 0.6 is 0 Å². The van der Waals surface area contributed by atoms with Gasteiger partial charge in [-0.3, -0.25) is 0 Å². The first-order chi connectivity index (χ1) is 8.75. The molecule has 3 atom stereocenters. The number of nitrogens with zero attached hydrogens (tertiary/aromatic N) is 1. The third-order valence-electron chi connectivity index (χ3n) is 5.11. The summed E-state index contributed by atoms with van der Waals surface area (Å²) in [4.78, 5) is 2.53. The highest BCUT2D eigenvalue weighted by Gasteiger charge is 2.38. The van der Waals surface area contributed by atoms with Crippen LogP contribution in [0, 0.1) is 5.41 Å². The van der Waals surface area contributed by atoms with Gasteiger partial charge in [0.05, 0.1) is 6.61 Å². The monoisotopic (exact) mass is 270 g/mol. The van der Waals surface area contributed by atoms with Crippen molar-refractivity contribution in [2.75, 3.05) is 20.2 Å². The van der Waals surface area contributed by atoms with Crippen molar-refractivity contribution in [3.05, 3.63) is 0 Å².